The van der Waals surface area contributed by atoms with Gasteiger partial charge in [0, 0.05) is 0 Å². The highest BCUT2D eigenvalue weighted by atomic mass is 16.6. The minimum Gasteiger partial charge on any atom is -0.444 e. The fraction of sp³-hybridized carbons (Fsp3) is 0.727. The summed E-state index contributed by atoms with van der Waals surface area (Å²) in [4.78, 5) is 11.4. The number of terminal acetylenes is 1. The van der Waals surface area contributed by atoms with Crippen molar-refractivity contribution in [2.24, 2.45) is 0 Å². The first-order valence-electron chi connectivity index (χ1n) is 4.99. The lowest BCUT2D eigenvalue weighted by Gasteiger charge is -2.26. The maximum absolute atomic E-state index is 11.4. The molecular formula is C11H19NO4. The average molecular weight is 229 g/mol. The van der Waals surface area contributed by atoms with E-state index >= 15 is 0 Å². The summed E-state index contributed by atoms with van der Waals surface area (Å²) in [5, 5.41) is 21.0. The summed E-state index contributed by atoms with van der Waals surface area (Å²) in [5.41, 5.74) is -0.644. The van der Waals surface area contributed by atoms with Crippen LogP contribution in [0.4, 0.5) is 4.79 Å². The largest absolute Gasteiger partial charge is 0.444 e. The van der Waals surface area contributed by atoms with Crippen LogP contribution in [0.25, 0.3) is 0 Å². The third-order valence-corrected chi connectivity index (χ3v) is 1.71. The van der Waals surface area contributed by atoms with Crippen LogP contribution < -0.4 is 5.32 Å². The number of carbonyl (C=O) groups excluding carboxylic acids is 1. The zero-order valence-corrected chi connectivity index (χ0v) is 10.0. The van der Waals surface area contributed by atoms with E-state index in [-0.39, 0.29) is 0 Å². The minimum atomic E-state index is -1.26. The molecule has 16 heavy (non-hydrogen) atoms. The van der Waals surface area contributed by atoms with Gasteiger partial charge in [-0.1, -0.05) is 5.92 Å². The van der Waals surface area contributed by atoms with Gasteiger partial charge in [0.2, 0.25) is 0 Å². The first kappa shape index (κ1) is 14.8. The second kappa shape index (κ2) is 5.73. The molecular weight excluding hydrogens is 210 g/mol. The van der Waals surface area contributed by atoms with Crippen LogP contribution in [0.2, 0.25) is 0 Å². The van der Waals surface area contributed by atoms with E-state index in [0.717, 1.165) is 0 Å². The van der Waals surface area contributed by atoms with Crippen molar-refractivity contribution in [3.63, 3.8) is 0 Å². The Morgan fingerprint density at radius 2 is 1.94 bits per heavy atom. The molecule has 1 amide bonds. The van der Waals surface area contributed by atoms with Crippen molar-refractivity contribution < 1.29 is 19.7 Å². The van der Waals surface area contributed by atoms with E-state index in [1.165, 1.54) is 6.92 Å². The number of aliphatic hydroxyl groups excluding tert-OH is 2. The number of hydrogen-bond acceptors (Lipinski definition) is 4. The van der Waals surface area contributed by atoms with E-state index < -0.39 is 29.9 Å². The van der Waals surface area contributed by atoms with Crippen LogP contribution in [-0.2, 0) is 4.74 Å². The third kappa shape index (κ3) is 5.59. The van der Waals surface area contributed by atoms with Crippen LogP contribution in [0.15, 0.2) is 0 Å². The number of carbonyl (C=O) groups is 1. The molecule has 0 aliphatic rings. The summed E-state index contributed by atoms with van der Waals surface area (Å²) in [6, 6.07) is -0.945. The van der Waals surface area contributed by atoms with Gasteiger partial charge in [0.25, 0.3) is 0 Å². The van der Waals surface area contributed by atoms with Crippen molar-refractivity contribution >= 4 is 6.09 Å². The summed E-state index contributed by atoms with van der Waals surface area (Å²) < 4.78 is 4.97. The predicted octanol–water partition coefficient (Wildman–Crippen LogP) is 0.255. The molecule has 0 bridgehead atoms. The number of amides is 1. The Hall–Kier alpha value is -1.25. The van der Waals surface area contributed by atoms with E-state index in [1.54, 1.807) is 20.8 Å². The van der Waals surface area contributed by atoms with Gasteiger partial charge >= 0.3 is 6.09 Å². The van der Waals surface area contributed by atoms with Crippen molar-refractivity contribution in [2.75, 3.05) is 0 Å². The molecule has 0 aliphatic heterocycles. The quantitative estimate of drug-likeness (QED) is 0.606. The highest BCUT2D eigenvalue weighted by Gasteiger charge is 2.26. The molecule has 0 aliphatic carbocycles. The van der Waals surface area contributed by atoms with Gasteiger partial charge in [0.1, 0.15) is 11.7 Å². The Morgan fingerprint density at radius 1 is 1.44 bits per heavy atom. The SMILES string of the molecule is C#C[C@@H](O)C(NC(=O)OC(C)(C)C)[C@@H](C)O. The second-order valence-electron chi connectivity index (χ2n) is 4.52. The van der Waals surface area contributed by atoms with Crippen LogP contribution in [0, 0.1) is 12.3 Å². The van der Waals surface area contributed by atoms with Crippen molar-refractivity contribution in [2.45, 2.75) is 51.5 Å². The molecule has 5 heteroatoms. The van der Waals surface area contributed by atoms with Gasteiger partial charge in [-0.3, -0.25) is 0 Å². The summed E-state index contributed by atoms with van der Waals surface area (Å²) in [7, 11) is 0. The summed E-state index contributed by atoms with van der Waals surface area (Å²) in [5.74, 6) is 2.04. The molecule has 92 valence electrons. The van der Waals surface area contributed by atoms with Crippen molar-refractivity contribution in [3.05, 3.63) is 0 Å². The molecule has 0 aromatic heterocycles. The molecule has 0 saturated heterocycles. The van der Waals surface area contributed by atoms with Crippen molar-refractivity contribution in [1.29, 1.82) is 0 Å². The van der Waals surface area contributed by atoms with Crippen molar-refractivity contribution in [3.8, 4) is 12.3 Å². The van der Waals surface area contributed by atoms with Crippen LogP contribution in [0.1, 0.15) is 27.7 Å². The molecule has 3 N–H and O–H groups in total. The van der Waals surface area contributed by atoms with Gasteiger partial charge in [-0.15, -0.1) is 6.42 Å². The predicted molar refractivity (Wildman–Crippen MR) is 59.7 cm³/mol. The van der Waals surface area contributed by atoms with Crippen LogP contribution in [0.5, 0.6) is 0 Å². The average Bonchev–Trinajstić information content (AvgIpc) is 2.09. The Balaban J connectivity index is 4.43. The van der Waals surface area contributed by atoms with E-state index in [9.17, 15) is 15.0 Å². The Bertz CT molecular complexity index is 275. The standard InChI is InChI=1S/C11H19NO4/c1-6-8(14)9(7(2)13)12-10(15)16-11(3,4)5/h1,7-9,13-14H,2-5H3,(H,12,15)/t7-,8-,9?/m1/s1. The topological polar surface area (TPSA) is 78.8 Å². The zero-order valence-electron chi connectivity index (χ0n) is 10.0. The number of rotatable bonds is 3. The molecule has 0 rings (SSSR count). The van der Waals surface area contributed by atoms with Crippen molar-refractivity contribution in [1.82, 2.24) is 5.32 Å². The van der Waals surface area contributed by atoms with E-state index in [1.807, 2.05) is 5.92 Å². The number of alkyl carbamates (subject to hydrolysis) is 1. The monoisotopic (exact) mass is 229 g/mol. The van der Waals surface area contributed by atoms with E-state index in [4.69, 9.17) is 11.2 Å². The lowest BCUT2D eigenvalue weighted by Crippen LogP contribution is -2.50. The summed E-state index contributed by atoms with van der Waals surface area (Å²) in [6.45, 7) is 6.55. The molecule has 0 fully saturated rings. The smallest absolute Gasteiger partial charge is 0.408 e. The summed E-state index contributed by atoms with van der Waals surface area (Å²) >= 11 is 0. The number of aliphatic hydroxyl groups is 2. The highest BCUT2D eigenvalue weighted by molar-refractivity contribution is 5.68. The molecule has 3 atom stereocenters. The molecule has 0 aromatic carbocycles. The lowest BCUT2D eigenvalue weighted by atomic mass is 10.1. The first-order valence-corrected chi connectivity index (χ1v) is 4.99. The number of hydrogen-bond donors (Lipinski definition) is 3. The molecule has 0 spiro atoms. The molecule has 0 heterocycles. The normalized spacial score (nSPS) is 16.8. The lowest BCUT2D eigenvalue weighted by molar-refractivity contribution is 0.0305. The zero-order chi connectivity index (χ0) is 12.9. The molecule has 0 radical (unpaired) electrons. The fourth-order valence-corrected chi connectivity index (χ4v) is 1.01. The molecule has 1 unspecified atom stereocenters. The van der Waals surface area contributed by atoms with Crippen LogP contribution >= 0.6 is 0 Å². The van der Waals surface area contributed by atoms with Crippen LogP contribution in [0.3, 0.4) is 0 Å². The Morgan fingerprint density at radius 3 is 2.25 bits per heavy atom. The third-order valence-electron chi connectivity index (χ3n) is 1.71. The minimum absolute atomic E-state index is 0.644. The Kier molecular flexibility index (Phi) is 5.28. The molecule has 5 nitrogen and oxygen atoms in total. The van der Waals surface area contributed by atoms with E-state index in [0.29, 0.717) is 0 Å². The van der Waals surface area contributed by atoms with Gasteiger partial charge in [-0.25, -0.2) is 4.79 Å². The number of ether oxygens (including phenoxy) is 1. The first-order chi connectivity index (χ1) is 7.17. The fourth-order valence-electron chi connectivity index (χ4n) is 1.01. The number of nitrogens with one attached hydrogen (secondary N) is 1. The van der Waals surface area contributed by atoms with Gasteiger partial charge in [-0.05, 0) is 27.7 Å². The van der Waals surface area contributed by atoms with Gasteiger partial charge in [-0.2, -0.15) is 0 Å². The van der Waals surface area contributed by atoms with Gasteiger partial charge in [0.15, 0.2) is 0 Å². The summed E-state index contributed by atoms with van der Waals surface area (Å²) in [6.07, 6.45) is 2.05. The maximum atomic E-state index is 11.4. The van der Waals surface area contributed by atoms with E-state index in [2.05, 4.69) is 5.32 Å². The van der Waals surface area contributed by atoms with Gasteiger partial charge < -0.3 is 20.3 Å². The van der Waals surface area contributed by atoms with Gasteiger partial charge in [0.05, 0.1) is 12.1 Å². The van der Waals surface area contributed by atoms with Crippen LogP contribution in [-0.4, -0.2) is 40.2 Å². The maximum Gasteiger partial charge on any atom is 0.408 e. The second-order valence-corrected chi connectivity index (χ2v) is 4.52. The highest BCUT2D eigenvalue weighted by Crippen LogP contribution is 2.08. The molecule has 0 aromatic rings. The Labute approximate surface area is 95.8 Å². The molecule has 0 saturated carbocycles.